The Balaban J connectivity index is 2.15. The largest absolute Gasteiger partial charge is 0.464 e. The highest BCUT2D eigenvalue weighted by Gasteiger charge is 2.36. The lowest BCUT2D eigenvalue weighted by Crippen LogP contribution is -2.42. The summed E-state index contributed by atoms with van der Waals surface area (Å²) in [7, 11) is 0. The van der Waals surface area contributed by atoms with Crippen molar-refractivity contribution < 1.29 is 19.1 Å². The van der Waals surface area contributed by atoms with Crippen molar-refractivity contribution in [1.82, 2.24) is 4.90 Å². The fourth-order valence-electron chi connectivity index (χ4n) is 3.06. The van der Waals surface area contributed by atoms with Gasteiger partial charge in [0, 0.05) is 6.54 Å². The summed E-state index contributed by atoms with van der Waals surface area (Å²) in [5.74, 6) is 0.0147. The van der Waals surface area contributed by atoms with Crippen molar-refractivity contribution in [3.05, 3.63) is 0 Å². The van der Waals surface area contributed by atoms with Crippen molar-refractivity contribution in [2.75, 3.05) is 19.8 Å². The Hall–Kier alpha value is -1.26. The first-order chi connectivity index (χ1) is 12.1. The summed E-state index contributed by atoms with van der Waals surface area (Å²) < 4.78 is 10.6. The molecule has 0 aromatic rings. The lowest BCUT2D eigenvalue weighted by atomic mass is 10.1. The minimum atomic E-state index is -0.464. The van der Waals surface area contributed by atoms with Gasteiger partial charge in [-0.3, -0.25) is 4.90 Å². The molecule has 1 heterocycles. The first-order valence-electron chi connectivity index (χ1n) is 10.2. The van der Waals surface area contributed by atoms with Crippen LogP contribution in [0.2, 0.25) is 0 Å². The summed E-state index contributed by atoms with van der Waals surface area (Å²) in [6.45, 7) is 7.63. The number of rotatable bonds is 12. The third-order valence-electron chi connectivity index (χ3n) is 4.54. The van der Waals surface area contributed by atoms with Gasteiger partial charge < -0.3 is 9.47 Å². The van der Waals surface area contributed by atoms with E-state index in [1.807, 2.05) is 13.8 Å². The van der Waals surface area contributed by atoms with E-state index in [4.69, 9.17) is 9.47 Å². The average Bonchev–Trinajstić information content (AvgIpc) is 3.08. The van der Waals surface area contributed by atoms with Crippen molar-refractivity contribution in [2.24, 2.45) is 5.92 Å². The van der Waals surface area contributed by atoms with Crippen LogP contribution in [-0.2, 0) is 14.3 Å². The van der Waals surface area contributed by atoms with Gasteiger partial charge in [0.2, 0.25) is 0 Å². The second-order valence-corrected chi connectivity index (χ2v) is 7.46. The third kappa shape index (κ3) is 9.13. The van der Waals surface area contributed by atoms with E-state index in [-0.39, 0.29) is 12.1 Å². The van der Waals surface area contributed by atoms with Gasteiger partial charge in [-0.25, -0.2) is 9.59 Å². The van der Waals surface area contributed by atoms with E-state index in [0.29, 0.717) is 32.1 Å². The Morgan fingerprint density at radius 1 is 1.00 bits per heavy atom. The lowest BCUT2D eigenvalue weighted by molar-refractivity contribution is -0.148. The van der Waals surface area contributed by atoms with Crippen LogP contribution < -0.4 is 0 Å². The summed E-state index contributed by atoms with van der Waals surface area (Å²) in [5.41, 5.74) is 0. The maximum absolute atomic E-state index is 12.2. The van der Waals surface area contributed by atoms with Gasteiger partial charge in [-0.15, -0.1) is 0 Å². The molecule has 25 heavy (non-hydrogen) atoms. The van der Waals surface area contributed by atoms with Crippen LogP contribution in [0.4, 0.5) is 4.79 Å². The smallest absolute Gasteiger partial charge is 0.410 e. The SMILES string of the molecule is CCCCCCCCCCOC(=O)C1CCCN1C(=O)OCC(C)C. The van der Waals surface area contributed by atoms with E-state index in [1.165, 1.54) is 43.4 Å². The molecule has 0 radical (unpaired) electrons. The van der Waals surface area contributed by atoms with Crippen molar-refractivity contribution in [3.8, 4) is 0 Å². The Morgan fingerprint density at radius 3 is 2.28 bits per heavy atom. The van der Waals surface area contributed by atoms with Crippen LogP contribution in [-0.4, -0.2) is 42.8 Å². The van der Waals surface area contributed by atoms with Crippen molar-refractivity contribution in [3.63, 3.8) is 0 Å². The first-order valence-corrected chi connectivity index (χ1v) is 10.2. The summed E-state index contributed by atoms with van der Waals surface area (Å²) in [5, 5.41) is 0. The van der Waals surface area contributed by atoms with Crippen molar-refractivity contribution in [1.29, 1.82) is 0 Å². The predicted octanol–water partition coefficient (Wildman–Crippen LogP) is 4.93. The molecule has 0 aromatic heterocycles. The molecule has 1 fully saturated rings. The van der Waals surface area contributed by atoms with Crippen LogP contribution in [0.15, 0.2) is 0 Å². The number of nitrogens with zero attached hydrogens (tertiary/aromatic N) is 1. The fraction of sp³-hybridized carbons (Fsp3) is 0.900. The quantitative estimate of drug-likeness (QED) is 0.368. The van der Waals surface area contributed by atoms with E-state index in [0.717, 1.165) is 19.3 Å². The highest BCUT2D eigenvalue weighted by atomic mass is 16.6. The number of amides is 1. The number of carbonyl (C=O) groups excluding carboxylic acids is 2. The monoisotopic (exact) mass is 355 g/mol. The van der Waals surface area contributed by atoms with E-state index in [1.54, 1.807) is 0 Å². The molecule has 1 aliphatic heterocycles. The minimum absolute atomic E-state index is 0.276. The Bertz CT molecular complexity index is 384. The van der Waals surface area contributed by atoms with Gasteiger partial charge in [-0.2, -0.15) is 0 Å². The predicted molar refractivity (Wildman–Crippen MR) is 99.5 cm³/mol. The van der Waals surface area contributed by atoms with Gasteiger partial charge in [0.25, 0.3) is 0 Å². The molecular formula is C20H37NO4. The molecule has 5 nitrogen and oxygen atoms in total. The number of ether oxygens (including phenoxy) is 2. The molecule has 1 aliphatic rings. The molecule has 0 N–H and O–H groups in total. The zero-order valence-corrected chi connectivity index (χ0v) is 16.4. The third-order valence-corrected chi connectivity index (χ3v) is 4.54. The summed E-state index contributed by atoms with van der Waals surface area (Å²) in [4.78, 5) is 25.8. The van der Waals surface area contributed by atoms with Gasteiger partial charge in [0.1, 0.15) is 6.04 Å². The molecule has 1 amide bonds. The minimum Gasteiger partial charge on any atom is -0.464 e. The number of carbonyl (C=O) groups is 2. The zero-order valence-electron chi connectivity index (χ0n) is 16.4. The molecule has 146 valence electrons. The molecule has 1 unspecified atom stereocenters. The summed E-state index contributed by atoms with van der Waals surface area (Å²) in [6.07, 6.45) is 10.8. The first kappa shape index (κ1) is 21.8. The second kappa shape index (κ2) is 13.0. The maximum Gasteiger partial charge on any atom is 0.410 e. The van der Waals surface area contributed by atoms with Crippen LogP contribution in [0.5, 0.6) is 0 Å². The molecule has 0 bridgehead atoms. The number of hydrogen-bond donors (Lipinski definition) is 0. The van der Waals surface area contributed by atoms with Gasteiger partial charge in [0.15, 0.2) is 0 Å². The van der Waals surface area contributed by atoms with Gasteiger partial charge in [-0.1, -0.05) is 65.7 Å². The van der Waals surface area contributed by atoms with Crippen LogP contribution in [0.25, 0.3) is 0 Å². The highest BCUT2D eigenvalue weighted by molar-refractivity contribution is 5.82. The average molecular weight is 356 g/mol. The molecule has 0 saturated carbocycles. The number of hydrogen-bond acceptors (Lipinski definition) is 4. The summed E-state index contributed by atoms with van der Waals surface area (Å²) >= 11 is 0. The maximum atomic E-state index is 12.2. The van der Waals surface area contributed by atoms with E-state index < -0.39 is 6.04 Å². The van der Waals surface area contributed by atoms with E-state index in [9.17, 15) is 9.59 Å². The molecule has 1 atom stereocenters. The van der Waals surface area contributed by atoms with Crippen LogP contribution in [0.1, 0.15) is 85.0 Å². The molecule has 5 heteroatoms. The normalized spacial score (nSPS) is 17.1. The molecule has 0 spiro atoms. The Kier molecular flexibility index (Phi) is 11.3. The Morgan fingerprint density at radius 2 is 1.64 bits per heavy atom. The van der Waals surface area contributed by atoms with E-state index >= 15 is 0 Å². The zero-order chi connectivity index (χ0) is 18.5. The molecule has 0 aliphatic carbocycles. The van der Waals surface area contributed by atoms with E-state index in [2.05, 4.69) is 6.92 Å². The van der Waals surface area contributed by atoms with Crippen LogP contribution in [0, 0.1) is 5.92 Å². The number of likely N-dealkylation sites (tertiary alicyclic amines) is 1. The summed E-state index contributed by atoms with van der Waals surface area (Å²) in [6, 6.07) is -0.464. The van der Waals surface area contributed by atoms with Crippen LogP contribution >= 0.6 is 0 Å². The Labute approximate surface area is 153 Å². The number of unbranched alkanes of at least 4 members (excludes halogenated alkanes) is 7. The lowest BCUT2D eigenvalue weighted by Gasteiger charge is -2.23. The molecule has 0 aromatic carbocycles. The van der Waals surface area contributed by atoms with Gasteiger partial charge >= 0.3 is 12.1 Å². The molecular weight excluding hydrogens is 318 g/mol. The van der Waals surface area contributed by atoms with Gasteiger partial charge in [-0.05, 0) is 25.2 Å². The molecule has 1 saturated heterocycles. The van der Waals surface area contributed by atoms with Crippen molar-refractivity contribution >= 4 is 12.1 Å². The van der Waals surface area contributed by atoms with Gasteiger partial charge in [0.05, 0.1) is 13.2 Å². The second-order valence-electron chi connectivity index (χ2n) is 7.46. The fourth-order valence-corrected chi connectivity index (χ4v) is 3.06. The molecule has 1 rings (SSSR count). The van der Waals surface area contributed by atoms with Crippen LogP contribution in [0.3, 0.4) is 0 Å². The van der Waals surface area contributed by atoms with Crippen molar-refractivity contribution in [2.45, 2.75) is 91.0 Å². The topological polar surface area (TPSA) is 55.8 Å². The number of esters is 1. The standard InChI is InChI=1S/C20H37NO4/c1-4-5-6-7-8-9-10-11-15-24-19(22)18-13-12-14-21(18)20(23)25-16-17(2)3/h17-18H,4-16H2,1-3H3. The highest BCUT2D eigenvalue weighted by Crippen LogP contribution is 2.20.